The van der Waals surface area contributed by atoms with Gasteiger partial charge in [-0.2, -0.15) is 13.2 Å². The van der Waals surface area contributed by atoms with E-state index in [0.29, 0.717) is 5.56 Å². The van der Waals surface area contributed by atoms with Crippen molar-refractivity contribution < 1.29 is 37.0 Å². The molecule has 0 atom stereocenters. The largest absolute Gasteiger partial charge is 0.482 e. The second-order valence-electron chi connectivity index (χ2n) is 6.30. The number of ether oxygens (including phenoxy) is 2. The van der Waals surface area contributed by atoms with Crippen molar-refractivity contribution in [2.45, 2.75) is 26.4 Å². The number of halogens is 4. The van der Waals surface area contributed by atoms with E-state index in [1.807, 2.05) is 0 Å². The lowest BCUT2D eigenvalue weighted by atomic mass is 10.1. The Balaban J connectivity index is 2.28. The van der Waals surface area contributed by atoms with E-state index in [2.05, 4.69) is 10.3 Å². The maximum atomic E-state index is 12.5. The van der Waals surface area contributed by atoms with Crippen LogP contribution in [0, 0.1) is 6.92 Å². The number of nitrogens with one attached hydrogen (secondary N) is 2. The lowest BCUT2D eigenvalue weighted by molar-refractivity contribution is -0.153. The SMILES string of the molecule is COC(=O)c1c(CC(=O)Nc2cc(Cl)ccc2OCC(F)(F)F)[nH]c(C(C)=O)c1C. The van der Waals surface area contributed by atoms with E-state index in [1.165, 1.54) is 32.0 Å². The molecule has 11 heteroatoms. The Hall–Kier alpha value is -3.01. The topological polar surface area (TPSA) is 97.5 Å². The van der Waals surface area contributed by atoms with Crippen LogP contribution >= 0.6 is 11.6 Å². The quantitative estimate of drug-likeness (QED) is 0.493. The van der Waals surface area contributed by atoms with Crippen LogP contribution < -0.4 is 10.1 Å². The van der Waals surface area contributed by atoms with E-state index in [-0.39, 0.29) is 45.6 Å². The first-order valence-electron chi connectivity index (χ1n) is 8.52. The van der Waals surface area contributed by atoms with Crippen molar-refractivity contribution in [2.75, 3.05) is 19.0 Å². The van der Waals surface area contributed by atoms with E-state index in [1.54, 1.807) is 0 Å². The maximum Gasteiger partial charge on any atom is 0.422 e. The average Bonchev–Trinajstić information content (AvgIpc) is 2.95. The Kier molecular flexibility index (Phi) is 7.14. The molecule has 2 rings (SSSR count). The van der Waals surface area contributed by atoms with Gasteiger partial charge in [0.2, 0.25) is 5.91 Å². The molecule has 30 heavy (non-hydrogen) atoms. The molecule has 0 aliphatic heterocycles. The number of amides is 1. The summed E-state index contributed by atoms with van der Waals surface area (Å²) in [5.41, 5.74) is 0.565. The Morgan fingerprint density at radius 1 is 1.23 bits per heavy atom. The van der Waals surface area contributed by atoms with Crippen LogP contribution in [0.15, 0.2) is 18.2 Å². The van der Waals surface area contributed by atoms with E-state index in [4.69, 9.17) is 21.1 Å². The predicted molar refractivity (Wildman–Crippen MR) is 102 cm³/mol. The number of benzene rings is 1. The molecule has 1 aromatic carbocycles. The van der Waals surface area contributed by atoms with Crippen LogP contribution in [-0.4, -0.2) is 42.5 Å². The monoisotopic (exact) mass is 446 g/mol. The first-order valence-corrected chi connectivity index (χ1v) is 8.90. The number of Topliss-reactive ketones (excluding diaryl/α,β-unsaturated/α-hetero) is 1. The smallest absolute Gasteiger partial charge is 0.422 e. The molecular formula is C19H18ClF3N2O5. The molecule has 1 aromatic heterocycles. The molecule has 0 aliphatic carbocycles. The summed E-state index contributed by atoms with van der Waals surface area (Å²) < 4.78 is 46.8. The van der Waals surface area contributed by atoms with Gasteiger partial charge in [-0.25, -0.2) is 4.79 Å². The molecule has 2 aromatic rings. The number of methoxy groups -OCH3 is 1. The van der Waals surface area contributed by atoms with Crippen LogP contribution in [0.2, 0.25) is 5.02 Å². The van der Waals surface area contributed by atoms with Gasteiger partial charge in [0.05, 0.1) is 30.5 Å². The molecular weight excluding hydrogens is 429 g/mol. The lowest BCUT2D eigenvalue weighted by Gasteiger charge is -2.14. The standard InChI is InChI=1S/C19H18ClF3N2O5/c1-9-16(18(28)29-3)13(25-17(9)10(2)26)7-15(27)24-12-6-11(20)4-5-14(12)30-8-19(21,22)23/h4-6,25H,7-8H2,1-3H3,(H,24,27). The molecule has 7 nitrogen and oxygen atoms in total. The van der Waals surface area contributed by atoms with Crippen LogP contribution in [0.1, 0.15) is 39.0 Å². The molecule has 0 aliphatic rings. The van der Waals surface area contributed by atoms with Crippen molar-refractivity contribution >= 4 is 34.9 Å². The zero-order valence-electron chi connectivity index (χ0n) is 16.2. The number of hydrogen-bond donors (Lipinski definition) is 2. The molecule has 1 amide bonds. The number of H-pyrrole nitrogens is 1. The Morgan fingerprint density at radius 3 is 2.47 bits per heavy atom. The summed E-state index contributed by atoms with van der Waals surface area (Å²) >= 11 is 5.86. The van der Waals surface area contributed by atoms with Gasteiger partial charge < -0.3 is 19.8 Å². The fraction of sp³-hybridized carbons (Fsp3) is 0.316. The number of carbonyl (C=O) groups excluding carboxylic acids is 3. The van der Waals surface area contributed by atoms with E-state index >= 15 is 0 Å². The zero-order valence-corrected chi connectivity index (χ0v) is 17.0. The van der Waals surface area contributed by atoms with Crippen LogP contribution in [-0.2, 0) is 16.0 Å². The number of anilines is 1. The minimum Gasteiger partial charge on any atom is -0.482 e. The maximum absolute atomic E-state index is 12.5. The highest BCUT2D eigenvalue weighted by Gasteiger charge is 2.29. The normalized spacial score (nSPS) is 11.2. The third-order valence-corrected chi connectivity index (χ3v) is 4.25. The van der Waals surface area contributed by atoms with Gasteiger partial charge in [0.25, 0.3) is 0 Å². The number of esters is 1. The number of aromatic nitrogens is 1. The van der Waals surface area contributed by atoms with Crippen molar-refractivity contribution in [3.05, 3.63) is 45.7 Å². The zero-order chi connectivity index (χ0) is 22.6. The van der Waals surface area contributed by atoms with Crippen LogP contribution in [0.5, 0.6) is 5.75 Å². The molecule has 0 bridgehead atoms. The molecule has 0 saturated carbocycles. The molecule has 162 valence electrons. The Labute approximate surface area is 174 Å². The summed E-state index contributed by atoms with van der Waals surface area (Å²) in [4.78, 5) is 39.1. The lowest BCUT2D eigenvalue weighted by Crippen LogP contribution is -2.21. The summed E-state index contributed by atoms with van der Waals surface area (Å²) in [6.07, 6.45) is -4.95. The Morgan fingerprint density at radius 2 is 1.90 bits per heavy atom. The highest BCUT2D eigenvalue weighted by Crippen LogP contribution is 2.30. The molecule has 0 spiro atoms. The Bertz CT molecular complexity index is 985. The minimum absolute atomic E-state index is 0.0393. The van der Waals surface area contributed by atoms with Crippen LogP contribution in [0.25, 0.3) is 0 Å². The van der Waals surface area contributed by atoms with Crippen molar-refractivity contribution in [1.82, 2.24) is 4.98 Å². The van der Waals surface area contributed by atoms with Gasteiger partial charge in [-0.15, -0.1) is 0 Å². The number of ketones is 1. The minimum atomic E-state index is -4.57. The molecule has 0 unspecified atom stereocenters. The van der Waals surface area contributed by atoms with Crippen molar-refractivity contribution in [3.8, 4) is 5.75 Å². The van der Waals surface area contributed by atoms with Gasteiger partial charge >= 0.3 is 12.1 Å². The predicted octanol–water partition coefficient (Wildman–Crippen LogP) is 4.09. The molecule has 0 radical (unpaired) electrons. The third-order valence-electron chi connectivity index (χ3n) is 4.01. The van der Waals surface area contributed by atoms with Gasteiger partial charge in [-0.3, -0.25) is 9.59 Å². The molecule has 0 saturated heterocycles. The number of carbonyl (C=O) groups is 3. The van der Waals surface area contributed by atoms with Crippen molar-refractivity contribution in [3.63, 3.8) is 0 Å². The summed E-state index contributed by atoms with van der Waals surface area (Å²) in [5.74, 6) is -2.00. The fourth-order valence-electron chi connectivity index (χ4n) is 2.76. The number of aromatic amines is 1. The first-order chi connectivity index (χ1) is 13.9. The van der Waals surface area contributed by atoms with Crippen molar-refractivity contribution in [2.24, 2.45) is 0 Å². The number of rotatable bonds is 7. The van der Waals surface area contributed by atoms with Gasteiger partial charge in [-0.1, -0.05) is 11.6 Å². The second-order valence-corrected chi connectivity index (χ2v) is 6.73. The fourth-order valence-corrected chi connectivity index (χ4v) is 2.93. The number of hydrogen-bond acceptors (Lipinski definition) is 5. The van der Waals surface area contributed by atoms with Gasteiger partial charge in [0, 0.05) is 17.6 Å². The molecule has 1 heterocycles. The summed E-state index contributed by atoms with van der Waals surface area (Å²) in [6, 6.07) is 3.73. The third kappa shape index (κ3) is 5.76. The van der Waals surface area contributed by atoms with E-state index < -0.39 is 24.7 Å². The molecule has 2 N–H and O–H groups in total. The summed E-state index contributed by atoms with van der Waals surface area (Å²) in [7, 11) is 1.16. The molecule has 0 fully saturated rings. The first kappa shape index (κ1) is 23.3. The van der Waals surface area contributed by atoms with Gasteiger partial charge in [0.1, 0.15) is 5.75 Å². The van der Waals surface area contributed by atoms with Gasteiger partial charge in [-0.05, 0) is 30.7 Å². The highest BCUT2D eigenvalue weighted by molar-refractivity contribution is 6.31. The average molecular weight is 447 g/mol. The summed E-state index contributed by atoms with van der Waals surface area (Å²) in [5, 5.41) is 2.57. The summed E-state index contributed by atoms with van der Waals surface area (Å²) in [6.45, 7) is 1.27. The highest BCUT2D eigenvalue weighted by atomic mass is 35.5. The van der Waals surface area contributed by atoms with E-state index in [9.17, 15) is 27.6 Å². The van der Waals surface area contributed by atoms with Crippen LogP contribution in [0.4, 0.5) is 18.9 Å². The second kappa shape index (κ2) is 9.21. The van der Waals surface area contributed by atoms with Crippen LogP contribution in [0.3, 0.4) is 0 Å². The van der Waals surface area contributed by atoms with Gasteiger partial charge in [0.15, 0.2) is 12.4 Å². The van der Waals surface area contributed by atoms with E-state index in [0.717, 1.165) is 7.11 Å². The number of alkyl halides is 3. The van der Waals surface area contributed by atoms with Crippen molar-refractivity contribution in [1.29, 1.82) is 0 Å².